The second-order valence-corrected chi connectivity index (χ2v) is 37.0. The molecule has 4 aliphatic rings. The molecule has 4 aliphatic heterocycles. The van der Waals surface area contributed by atoms with Gasteiger partial charge in [-0.05, 0) is 80.0 Å². The first kappa shape index (κ1) is 57.5. The number of methoxy groups -OCH3 is 1. The van der Waals surface area contributed by atoms with Crippen molar-refractivity contribution in [3.05, 3.63) is 128 Å². The summed E-state index contributed by atoms with van der Waals surface area (Å²) in [6.45, 7) is 3.14. The Balaban J connectivity index is 0.865. The van der Waals surface area contributed by atoms with Crippen LogP contribution in [0.1, 0.15) is 41.3 Å². The van der Waals surface area contributed by atoms with E-state index in [9.17, 15) is 19.5 Å². The summed E-state index contributed by atoms with van der Waals surface area (Å²) < 4.78 is 89.9. The number of H-pyrrole nitrogens is 1. The highest BCUT2D eigenvalue weighted by molar-refractivity contribution is 6.87. The van der Waals surface area contributed by atoms with Crippen molar-refractivity contribution >= 4 is 81.3 Å². The molecule has 4 bridgehead atoms. The third-order valence-corrected chi connectivity index (χ3v) is 36.9. The summed E-state index contributed by atoms with van der Waals surface area (Å²) in [6, 6.07) is 25.8. The normalized spacial score (nSPS) is 28.4. The van der Waals surface area contributed by atoms with Crippen LogP contribution in [-0.2, 0) is 56.2 Å². The number of aryl methyl sites for hydroxylation is 1. The van der Waals surface area contributed by atoms with Crippen molar-refractivity contribution in [3.8, 4) is 11.5 Å². The van der Waals surface area contributed by atoms with Gasteiger partial charge in [0.2, 0.25) is 0 Å². The first-order chi connectivity index (χ1) is 36.4. The van der Waals surface area contributed by atoms with Gasteiger partial charge in [0, 0.05) is 49.4 Å². The quantitative estimate of drug-likeness (QED) is 0.0241. The van der Waals surface area contributed by atoms with E-state index < -0.39 is 111 Å². The Morgan fingerprint density at radius 3 is 2.03 bits per heavy atom. The Kier molecular flexibility index (Phi) is 20.9. The van der Waals surface area contributed by atoms with Crippen LogP contribution in [0.2, 0.25) is 24.2 Å². The van der Waals surface area contributed by atoms with E-state index in [0.29, 0.717) is 55.3 Å². The minimum atomic E-state index is -3.72. The van der Waals surface area contributed by atoms with Gasteiger partial charge >= 0.3 is 67.0 Å². The summed E-state index contributed by atoms with van der Waals surface area (Å²) in [7, 11) is -19.4. The molecule has 8 unspecified atom stereocenters. The smallest absolute Gasteiger partial charge is 0.478 e. The van der Waals surface area contributed by atoms with Crippen molar-refractivity contribution in [2.75, 3.05) is 53.0 Å². The number of ether oxygens (including phenoxy) is 4. The average molecular weight is 1180 g/mol. The molecule has 4 fully saturated rings. The Hall–Kier alpha value is -3.69. The van der Waals surface area contributed by atoms with Gasteiger partial charge in [-0.3, -0.25) is 14.3 Å². The van der Waals surface area contributed by atoms with Crippen LogP contribution in [0.3, 0.4) is 0 Å². The molecule has 3 aromatic carbocycles. The van der Waals surface area contributed by atoms with Crippen LogP contribution in [-0.4, -0.2) is 161 Å². The second kappa shape index (κ2) is 27.3. The van der Waals surface area contributed by atoms with E-state index in [1.54, 1.807) is 14.0 Å². The van der Waals surface area contributed by atoms with Crippen molar-refractivity contribution < 1.29 is 70.0 Å². The molecule has 4 aromatic rings. The molecule has 4 saturated heterocycles. The molecule has 33 heteroatoms. The van der Waals surface area contributed by atoms with Crippen molar-refractivity contribution in [1.82, 2.24) is 20.2 Å². The van der Waals surface area contributed by atoms with E-state index in [1.165, 1.54) is 10.8 Å². The van der Waals surface area contributed by atoms with E-state index >= 15 is 0 Å². The van der Waals surface area contributed by atoms with E-state index in [0.717, 1.165) is 16.7 Å². The molecule has 25 nitrogen and oxygen atoms in total. The average Bonchev–Trinajstić information content (AvgIpc) is 3.76. The zero-order chi connectivity index (χ0) is 52.8. The summed E-state index contributed by atoms with van der Waals surface area (Å²) >= 11 is 0. The van der Waals surface area contributed by atoms with E-state index in [2.05, 4.69) is 15.6 Å². The SMILES string of the molecule is COc1ccc(C(OC[C@H]2O[C@@H](n3cc(C)c(=O)[nH]c3=O)CC2O)(c2ccccc2)c2ccc(OCCCNC(=O)NCC[SiH]3O[SiH2]O[SiH]4O[SiH]5O[SiH2]O[SiH](CCN)O[Si](CCN)(O5)O[Si](CCN)(O3)O4)cc2)cc1. The monoisotopic (exact) mass is 1180 g/mol. The minimum Gasteiger partial charge on any atom is -0.497 e. The van der Waals surface area contributed by atoms with Crippen LogP contribution in [0.25, 0.3) is 0 Å². The standard InChI is InChI=1S/C42H67N7O18Si8/c1-30-28-49(41(53)48-39(30)51)38-27-36(50)37(57-38)29-56-42(31-7-4-3-5-8-31,32-9-13-34(54-2)14-10-32)33-11-15-35(16-12-33)55-22-6-20-46-40(52)47-21-24-71-59-69-61-73-62-72-60-68-58-70(23-17-43)63-74(65-72,25-18-44)67-75(64-71,66-73)26-19-45/h3-5,7-16,28,36-38,50,70-73H,6,17-27,29,43-45,68-69H2,1-2H3,(H2,46,47,52)(H,48,51,53)/t36?,37-,38-,42?,70?,71?,72?,73?,74?,75?/m1/s1. The lowest BCUT2D eigenvalue weighted by Gasteiger charge is -2.47. The summed E-state index contributed by atoms with van der Waals surface area (Å²) in [6.07, 6.45) is -0.579. The van der Waals surface area contributed by atoms with Gasteiger partial charge < -0.3 is 93.0 Å². The van der Waals surface area contributed by atoms with Crippen molar-refractivity contribution in [3.63, 3.8) is 0 Å². The number of carbonyl (C=O) groups is 1. The molecule has 0 aliphatic carbocycles. The van der Waals surface area contributed by atoms with Gasteiger partial charge in [0.15, 0.2) is 0 Å². The summed E-state index contributed by atoms with van der Waals surface area (Å²) in [4.78, 5) is 40.1. The maximum Gasteiger partial charge on any atom is 0.478 e. The van der Waals surface area contributed by atoms with Gasteiger partial charge in [-0.25, -0.2) is 9.59 Å². The Bertz CT molecular complexity index is 2580. The third-order valence-electron chi connectivity index (χ3n) is 12.5. The van der Waals surface area contributed by atoms with Crippen LogP contribution < -0.4 is 48.6 Å². The first-order valence-electron chi connectivity index (χ1n) is 24.8. The van der Waals surface area contributed by atoms with Crippen LogP contribution >= 0.6 is 0 Å². The van der Waals surface area contributed by atoms with E-state index in [4.69, 9.17) is 77.3 Å². The molecular weight excluding hydrogens is 1120 g/mol. The van der Waals surface area contributed by atoms with Crippen molar-refractivity contribution in [1.29, 1.82) is 0 Å². The maximum absolute atomic E-state index is 13.0. The number of aliphatic hydroxyl groups excluding tert-OH is 1. The van der Waals surface area contributed by atoms with Gasteiger partial charge in [0.05, 0.1) is 26.4 Å². The highest BCUT2D eigenvalue weighted by Gasteiger charge is 2.61. The topological polar surface area (TPSA) is 324 Å². The van der Waals surface area contributed by atoms with Crippen molar-refractivity contribution in [2.45, 2.75) is 68.0 Å². The highest BCUT2D eigenvalue weighted by Crippen LogP contribution is 2.43. The number of fused-ring (bicyclic) bond motifs is 4. The number of aromatic nitrogens is 2. The summed E-state index contributed by atoms with van der Waals surface area (Å²) in [5.41, 5.74) is 18.5. The van der Waals surface area contributed by atoms with E-state index in [1.807, 2.05) is 78.9 Å². The Morgan fingerprint density at radius 2 is 1.41 bits per heavy atom. The number of rotatable bonds is 22. The molecule has 1 aromatic heterocycles. The number of nitrogens with one attached hydrogen (secondary N) is 3. The van der Waals surface area contributed by atoms with E-state index in [-0.39, 0.29) is 50.8 Å². The Morgan fingerprint density at radius 1 is 0.813 bits per heavy atom. The molecule has 0 saturated carbocycles. The number of nitrogens with two attached hydrogens (primary N) is 3. The number of nitrogens with zero attached hydrogens (tertiary/aromatic N) is 1. The largest absolute Gasteiger partial charge is 0.497 e. The lowest BCUT2D eigenvalue weighted by molar-refractivity contribution is -0.0944. The molecule has 0 radical (unpaired) electrons. The number of aromatic amines is 1. The zero-order valence-electron chi connectivity index (χ0n) is 41.8. The number of hydrogen-bond acceptors (Lipinski definition) is 21. The predicted octanol–water partition coefficient (Wildman–Crippen LogP) is -2.59. The number of aliphatic hydroxyl groups is 1. The lowest BCUT2D eigenvalue weighted by Crippen LogP contribution is -2.70. The molecule has 8 rings (SSSR count). The fraction of sp³-hybridized carbons (Fsp3) is 0.452. The lowest BCUT2D eigenvalue weighted by atomic mass is 9.80. The molecule has 10 N–H and O–H groups in total. The summed E-state index contributed by atoms with van der Waals surface area (Å²) in [5, 5.41) is 17.0. The maximum atomic E-state index is 13.0. The fourth-order valence-corrected chi connectivity index (χ4v) is 38.4. The number of hydrogen-bond donors (Lipinski definition) is 7. The predicted molar refractivity (Wildman–Crippen MR) is 288 cm³/mol. The van der Waals surface area contributed by atoms with Gasteiger partial charge in [0.1, 0.15) is 29.4 Å². The molecule has 5 heterocycles. The van der Waals surface area contributed by atoms with Gasteiger partial charge in [-0.1, -0.05) is 54.6 Å². The Labute approximate surface area is 447 Å². The minimum absolute atomic E-state index is 0.0659. The molecule has 75 heavy (non-hydrogen) atoms. The molecule has 0 spiro atoms. The molecule has 10 atom stereocenters. The molecular formula is C42H67N7O18Si8. The van der Waals surface area contributed by atoms with Gasteiger partial charge in [-0.15, -0.1) is 0 Å². The van der Waals surface area contributed by atoms with Gasteiger partial charge in [-0.2, -0.15) is 0 Å². The second-order valence-electron chi connectivity index (χ2n) is 17.8. The number of benzene rings is 3. The van der Waals surface area contributed by atoms with Crippen LogP contribution in [0.15, 0.2) is 94.6 Å². The van der Waals surface area contributed by atoms with Crippen LogP contribution in [0.5, 0.6) is 11.5 Å². The highest BCUT2D eigenvalue weighted by atomic mass is 28.6. The van der Waals surface area contributed by atoms with Crippen LogP contribution in [0, 0.1) is 6.92 Å². The van der Waals surface area contributed by atoms with Gasteiger partial charge in [0.25, 0.3) is 25.6 Å². The molecule has 410 valence electrons. The fourth-order valence-electron chi connectivity index (χ4n) is 8.80. The third kappa shape index (κ3) is 14.7. The number of carbonyl (C=O) groups excluding carboxylic acids is 1. The summed E-state index contributed by atoms with van der Waals surface area (Å²) in [5.74, 6) is 1.25. The number of amides is 2. The first-order valence-corrected chi connectivity index (χ1v) is 37.3. The van der Waals surface area contributed by atoms with Crippen molar-refractivity contribution in [2.24, 2.45) is 17.2 Å². The number of urea groups is 1. The zero-order valence-corrected chi connectivity index (χ0v) is 51.2. The molecule has 2 amide bonds. The van der Waals surface area contributed by atoms with Crippen LogP contribution in [0.4, 0.5) is 4.79 Å².